The second-order valence-electron chi connectivity index (χ2n) is 6.19. The van der Waals surface area contributed by atoms with Crippen LogP contribution in [0.3, 0.4) is 0 Å². The summed E-state index contributed by atoms with van der Waals surface area (Å²) in [5, 5.41) is 7.12. The van der Waals surface area contributed by atoms with Gasteiger partial charge in [-0.3, -0.25) is 9.69 Å². The van der Waals surface area contributed by atoms with Gasteiger partial charge in [-0.1, -0.05) is 0 Å². The summed E-state index contributed by atoms with van der Waals surface area (Å²) in [5.74, 6) is -0.574. The molecular weight excluding hydrogens is 341 g/mol. The Morgan fingerprint density at radius 3 is 2.44 bits per heavy atom. The van der Waals surface area contributed by atoms with E-state index in [0.29, 0.717) is 11.8 Å². The van der Waals surface area contributed by atoms with Gasteiger partial charge < -0.3 is 14.6 Å². The normalized spacial score (nSPS) is 23.4. The van der Waals surface area contributed by atoms with Gasteiger partial charge in [-0.2, -0.15) is 13.2 Å². The number of fused-ring (bicyclic) bond motifs is 1. The van der Waals surface area contributed by atoms with Crippen LogP contribution in [0.1, 0.15) is 12.7 Å². The third kappa shape index (κ3) is 4.50. The molecule has 0 radical (unpaired) electrons. The number of carbonyl (C=O) groups is 2. The Kier molecular flexibility index (Phi) is 5.71. The SMILES string of the molecule is CCN1C[C@@H]2CN(Cc3nccn3C)C[C@@H]2C1=O.O=C(O)C(F)(F)F. The van der Waals surface area contributed by atoms with Gasteiger partial charge in [0.1, 0.15) is 5.82 Å². The van der Waals surface area contributed by atoms with E-state index in [0.717, 1.165) is 38.5 Å². The molecule has 2 aliphatic heterocycles. The maximum Gasteiger partial charge on any atom is 0.490 e. The minimum Gasteiger partial charge on any atom is -0.475 e. The molecule has 1 aromatic heterocycles. The fraction of sp³-hybridized carbons (Fsp3) is 0.667. The highest BCUT2D eigenvalue weighted by molar-refractivity contribution is 5.82. The number of aryl methyl sites for hydroxylation is 1. The Morgan fingerprint density at radius 2 is 2.00 bits per heavy atom. The van der Waals surface area contributed by atoms with E-state index in [-0.39, 0.29) is 5.92 Å². The quantitative estimate of drug-likeness (QED) is 0.867. The topological polar surface area (TPSA) is 78.7 Å². The number of likely N-dealkylation sites (tertiary alicyclic amines) is 2. The second-order valence-corrected chi connectivity index (χ2v) is 6.19. The summed E-state index contributed by atoms with van der Waals surface area (Å²) in [4.78, 5) is 29.7. The summed E-state index contributed by atoms with van der Waals surface area (Å²) >= 11 is 0. The van der Waals surface area contributed by atoms with E-state index >= 15 is 0 Å². The lowest BCUT2D eigenvalue weighted by Gasteiger charge is -2.20. The number of rotatable bonds is 3. The highest BCUT2D eigenvalue weighted by atomic mass is 19.4. The lowest BCUT2D eigenvalue weighted by Crippen LogP contribution is -2.32. The Bertz CT molecular complexity index is 632. The summed E-state index contributed by atoms with van der Waals surface area (Å²) < 4.78 is 33.8. The fourth-order valence-electron chi connectivity index (χ4n) is 3.20. The molecule has 0 unspecified atom stereocenters. The number of imidazole rings is 1. The van der Waals surface area contributed by atoms with Crippen LogP contribution < -0.4 is 0 Å². The molecule has 10 heteroatoms. The second kappa shape index (κ2) is 7.42. The van der Waals surface area contributed by atoms with Crippen molar-refractivity contribution in [2.75, 3.05) is 26.2 Å². The Morgan fingerprint density at radius 1 is 1.36 bits per heavy atom. The number of carbonyl (C=O) groups excluding carboxylic acids is 1. The van der Waals surface area contributed by atoms with Crippen molar-refractivity contribution in [1.29, 1.82) is 0 Å². The zero-order valence-corrected chi connectivity index (χ0v) is 14.0. The van der Waals surface area contributed by atoms with Gasteiger partial charge in [0.25, 0.3) is 0 Å². The number of alkyl halides is 3. The van der Waals surface area contributed by atoms with Gasteiger partial charge in [-0.15, -0.1) is 0 Å². The number of aromatic nitrogens is 2. The van der Waals surface area contributed by atoms with Crippen molar-refractivity contribution in [1.82, 2.24) is 19.4 Å². The first-order valence-corrected chi connectivity index (χ1v) is 7.91. The third-order valence-corrected chi connectivity index (χ3v) is 4.51. The van der Waals surface area contributed by atoms with Crippen LogP contribution in [0.2, 0.25) is 0 Å². The largest absolute Gasteiger partial charge is 0.490 e. The smallest absolute Gasteiger partial charge is 0.475 e. The Labute approximate surface area is 143 Å². The van der Waals surface area contributed by atoms with Crippen molar-refractivity contribution in [3.05, 3.63) is 18.2 Å². The molecule has 3 rings (SSSR count). The van der Waals surface area contributed by atoms with E-state index in [4.69, 9.17) is 9.90 Å². The van der Waals surface area contributed by atoms with Crippen molar-refractivity contribution >= 4 is 11.9 Å². The van der Waals surface area contributed by atoms with E-state index in [9.17, 15) is 18.0 Å². The lowest BCUT2D eigenvalue weighted by molar-refractivity contribution is -0.192. The number of halogens is 3. The van der Waals surface area contributed by atoms with Gasteiger partial charge in [0.05, 0.1) is 12.5 Å². The van der Waals surface area contributed by atoms with Crippen molar-refractivity contribution in [3.63, 3.8) is 0 Å². The van der Waals surface area contributed by atoms with Crippen molar-refractivity contribution in [2.45, 2.75) is 19.6 Å². The number of carboxylic acids is 1. The molecule has 0 aliphatic carbocycles. The molecule has 1 N–H and O–H groups in total. The van der Waals surface area contributed by atoms with Crippen LogP contribution in [0.25, 0.3) is 0 Å². The van der Waals surface area contributed by atoms with E-state index in [1.54, 1.807) is 0 Å². The van der Waals surface area contributed by atoms with Crippen LogP contribution in [-0.4, -0.2) is 68.7 Å². The minimum absolute atomic E-state index is 0.227. The summed E-state index contributed by atoms with van der Waals surface area (Å²) in [6.45, 7) is 6.63. The predicted octanol–water partition coefficient (Wildman–Crippen LogP) is 0.963. The standard InChI is InChI=1S/C13H20N4O.C2HF3O2/c1-3-17-7-10-6-16(8-11(10)13(17)18)9-12-14-4-5-15(12)2;3-2(4,5)1(6)7/h4-5,10-11H,3,6-9H2,1-2H3;(H,6,7)/t10-,11-;/m0./s1. The van der Waals surface area contributed by atoms with E-state index in [1.807, 2.05) is 28.9 Å². The first kappa shape index (κ1) is 19.2. The number of carboxylic acid groups (broad SMARTS) is 1. The van der Waals surface area contributed by atoms with Gasteiger partial charge in [-0.05, 0) is 6.92 Å². The number of amides is 1. The maximum absolute atomic E-state index is 12.1. The van der Waals surface area contributed by atoms with Gasteiger partial charge >= 0.3 is 12.1 Å². The molecule has 0 bridgehead atoms. The van der Waals surface area contributed by atoms with Gasteiger partial charge in [0, 0.05) is 51.5 Å². The van der Waals surface area contributed by atoms with E-state index in [2.05, 4.69) is 16.8 Å². The van der Waals surface area contributed by atoms with Crippen LogP contribution in [-0.2, 0) is 23.2 Å². The van der Waals surface area contributed by atoms with Gasteiger partial charge in [-0.25, -0.2) is 9.78 Å². The summed E-state index contributed by atoms with van der Waals surface area (Å²) in [6.07, 6.45) is -1.29. The summed E-state index contributed by atoms with van der Waals surface area (Å²) in [6, 6.07) is 0. The van der Waals surface area contributed by atoms with Crippen molar-refractivity contribution < 1.29 is 27.9 Å². The van der Waals surface area contributed by atoms with E-state index < -0.39 is 12.1 Å². The van der Waals surface area contributed by atoms with E-state index in [1.165, 1.54) is 0 Å². The first-order chi connectivity index (χ1) is 11.6. The molecule has 1 aromatic rings. The Hall–Kier alpha value is -2.10. The molecule has 0 spiro atoms. The van der Waals surface area contributed by atoms with Crippen LogP contribution in [0.15, 0.2) is 12.4 Å². The van der Waals surface area contributed by atoms with Gasteiger partial charge in [0.15, 0.2) is 0 Å². The van der Waals surface area contributed by atoms with Crippen LogP contribution in [0.5, 0.6) is 0 Å². The zero-order chi connectivity index (χ0) is 18.8. The Balaban J connectivity index is 0.000000277. The maximum atomic E-state index is 12.1. The zero-order valence-electron chi connectivity index (χ0n) is 14.0. The molecule has 2 fully saturated rings. The van der Waals surface area contributed by atoms with Crippen molar-refractivity contribution in [2.24, 2.45) is 18.9 Å². The molecule has 25 heavy (non-hydrogen) atoms. The molecule has 1 amide bonds. The molecule has 140 valence electrons. The lowest BCUT2D eigenvalue weighted by atomic mass is 10.0. The third-order valence-electron chi connectivity index (χ3n) is 4.51. The highest BCUT2D eigenvalue weighted by Gasteiger charge is 2.45. The molecular formula is C15H21F3N4O3. The van der Waals surface area contributed by atoms with Crippen LogP contribution in [0.4, 0.5) is 13.2 Å². The molecule has 7 nitrogen and oxygen atoms in total. The van der Waals surface area contributed by atoms with Crippen LogP contribution >= 0.6 is 0 Å². The summed E-state index contributed by atoms with van der Waals surface area (Å²) in [5.41, 5.74) is 0. The molecule has 2 atom stereocenters. The number of hydrogen-bond acceptors (Lipinski definition) is 4. The molecule has 2 aliphatic rings. The number of nitrogens with zero attached hydrogens (tertiary/aromatic N) is 4. The minimum atomic E-state index is -5.08. The number of hydrogen-bond donors (Lipinski definition) is 1. The average Bonchev–Trinajstić information content (AvgIpc) is 3.17. The molecule has 3 heterocycles. The van der Waals surface area contributed by atoms with Crippen molar-refractivity contribution in [3.8, 4) is 0 Å². The molecule has 0 saturated carbocycles. The summed E-state index contributed by atoms with van der Waals surface area (Å²) in [7, 11) is 2.02. The predicted molar refractivity (Wildman–Crippen MR) is 81.4 cm³/mol. The molecule has 0 aromatic carbocycles. The number of aliphatic carboxylic acids is 1. The van der Waals surface area contributed by atoms with Crippen LogP contribution in [0, 0.1) is 11.8 Å². The molecule has 2 saturated heterocycles. The highest BCUT2D eigenvalue weighted by Crippen LogP contribution is 2.32. The fourth-order valence-corrected chi connectivity index (χ4v) is 3.20. The average molecular weight is 362 g/mol. The monoisotopic (exact) mass is 362 g/mol. The van der Waals surface area contributed by atoms with Gasteiger partial charge in [0.2, 0.25) is 5.91 Å². The first-order valence-electron chi connectivity index (χ1n) is 7.91.